The Balaban J connectivity index is 1.96. The van der Waals surface area contributed by atoms with E-state index < -0.39 is 21.7 Å². The molecule has 0 fully saturated rings. The van der Waals surface area contributed by atoms with E-state index in [4.69, 9.17) is 0 Å². The van der Waals surface area contributed by atoms with E-state index in [1.807, 2.05) is 0 Å². The number of halogens is 2. The highest BCUT2D eigenvalue weighted by atomic mass is 32.2. The molecule has 26 heavy (non-hydrogen) atoms. The summed E-state index contributed by atoms with van der Waals surface area (Å²) in [6, 6.07) is 14.9. The first-order valence-corrected chi connectivity index (χ1v) is 9.15. The zero-order valence-electron chi connectivity index (χ0n) is 13.3. The van der Waals surface area contributed by atoms with Gasteiger partial charge in [-0.1, -0.05) is 30.3 Å². The maximum absolute atomic E-state index is 14.2. The second kappa shape index (κ2) is 6.03. The molecule has 0 saturated heterocycles. The Kier molecular flexibility index (Phi) is 3.81. The first kappa shape index (κ1) is 16.4. The quantitative estimate of drug-likeness (QED) is 0.543. The van der Waals surface area contributed by atoms with Gasteiger partial charge in [0.05, 0.1) is 4.90 Å². The van der Waals surface area contributed by atoms with Crippen molar-refractivity contribution in [3.05, 3.63) is 84.7 Å². The van der Waals surface area contributed by atoms with Gasteiger partial charge in [0.2, 0.25) is 0 Å². The van der Waals surface area contributed by atoms with Crippen LogP contribution in [0.15, 0.2) is 78.0 Å². The number of benzene rings is 2. The van der Waals surface area contributed by atoms with Crippen molar-refractivity contribution in [2.45, 2.75) is 4.90 Å². The molecule has 7 heteroatoms. The molecule has 0 aliphatic rings. The monoisotopic (exact) mass is 370 g/mol. The molecule has 0 radical (unpaired) electrons. The van der Waals surface area contributed by atoms with Crippen LogP contribution >= 0.6 is 0 Å². The van der Waals surface area contributed by atoms with E-state index in [0.29, 0.717) is 10.9 Å². The third-order valence-electron chi connectivity index (χ3n) is 4.10. The van der Waals surface area contributed by atoms with E-state index in [1.165, 1.54) is 48.8 Å². The standard InChI is InChI=1S/C19H12F2N2O2S/c20-17-8-4-7-15(18(17)21)14-9-11-22-19-16(14)10-12-23(19)26(24,25)13-5-2-1-3-6-13/h1-12H. The molecule has 0 spiro atoms. The van der Waals surface area contributed by atoms with Crippen LogP contribution in [-0.4, -0.2) is 17.4 Å². The number of aromatic nitrogens is 2. The summed E-state index contributed by atoms with van der Waals surface area (Å²) in [6.45, 7) is 0. The summed E-state index contributed by atoms with van der Waals surface area (Å²) in [4.78, 5) is 4.25. The number of hydrogen-bond donors (Lipinski definition) is 0. The van der Waals surface area contributed by atoms with Gasteiger partial charge in [-0.05, 0) is 35.9 Å². The molecule has 0 atom stereocenters. The molecule has 0 bridgehead atoms. The summed E-state index contributed by atoms with van der Waals surface area (Å²) in [5.41, 5.74) is 0.566. The van der Waals surface area contributed by atoms with Gasteiger partial charge >= 0.3 is 0 Å². The van der Waals surface area contributed by atoms with Crippen molar-refractivity contribution in [2.24, 2.45) is 0 Å². The van der Waals surface area contributed by atoms with Crippen molar-refractivity contribution in [3.8, 4) is 11.1 Å². The van der Waals surface area contributed by atoms with Crippen LogP contribution in [0.25, 0.3) is 22.2 Å². The van der Waals surface area contributed by atoms with E-state index in [1.54, 1.807) is 18.2 Å². The molecule has 4 nitrogen and oxygen atoms in total. The Bertz CT molecular complexity index is 1220. The fourth-order valence-corrected chi connectivity index (χ4v) is 4.18. The molecule has 2 aromatic heterocycles. The van der Waals surface area contributed by atoms with Gasteiger partial charge in [-0.2, -0.15) is 0 Å². The van der Waals surface area contributed by atoms with Crippen LogP contribution < -0.4 is 0 Å². The molecular formula is C19H12F2N2O2S. The van der Waals surface area contributed by atoms with Crippen LogP contribution in [-0.2, 0) is 10.0 Å². The largest absolute Gasteiger partial charge is 0.269 e. The van der Waals surface area contributed by atoms with E-state index in [2.05, 4.69) is 4.98 Å². The molecule has 0 aliphatic carbocycles. The lowest BCUT2D eigenvalue weighted by molar-refractivity contribution is 0.511. The van der Waals surface area contributed by atoms with E-state index >= 15 is 0 Å². The first-order valence-electron chi connectivity index (χ1n) is 7.71. The summed E-state index contributed by atoms with van der Waals surface area (Å²) >= 11 is 0. The van der Waals surface area contributed by atoms with E-state index in [-0.39, 0.29) is 16.1 Å². The molecule has 0 unspecified atom stereocenters. The molecule has 0 saturated carbocycles. The summed E-state index contributed by atoms with van der Waals surface area (Å²) in [6.07, 6.45) is 2.74. The van der Waals surface area contributed by atoms with Gasteiger partial charge in [-0.15, -0.1) is 0 Å². The fraction of sp³-hybridized carbons (Fsp3) is 0. The van der Waals surface area contributed by atoms with Crippen LogP contribution in [0, 0.1) is 11.6 Å². The van der Waals surface area contributed by atoms with Crippen LogP contribution in [0.3, 0.4) is 0 Å². The Morgan fingerprint density at radius 1 is 0.846 bits per heavy atom. The van der Waals surface area contributed by atoms with E-state index in [0.717, 1.165) is 10.0 Å². The molecule has 0 aliphatic heterocycles. The average Bonchev–Trinajstić information content (AvgIpc) is 3.10. The Hall–Kier alpha value is -3.06. The molecule has 2 heterocycles. The highest BCUT2D eigenvalue weighted by Crippen LogP contribution is 2.32. The van der Waals surface area contributed by atoms with Crippen LogP contribution in [0.2, 0.25) is 0 Å². The highest BCUT2D eigenvalue weighted by Gasteiger charge is 2.21. The predicted molar refractivity (Wildman–Crippen MR) is 94.1 cm³/mol. The van der Waals surface area contributed by atoms with Gasteiger partial charge in [0, 0.05) is 23.3 Å². The van der Waals surface area contributed by atoms with Gasteiger partial charge in [-0.3, -0.25) is 0 Å². The predicted octanol–water partition coefficient (Wildman–Crippen LogP) is 4.22. The van der Waals surface area contributed by atoms with Crippen molar-refractivity contribution < 1.29 is 17.2 Å². The number of fused-ring (bicyclic) bond motifs is 1. The maximum Gasteiger partial charge on any atom is 0.269 e. The Labute approximate surface area is 148 Å². The molecule has 0 amide bonds. The lowest BCUT2D eigenvalue weighted by Crippen LogP contribution is -2.12. The molecule has 0 N–H and O–H groups in total. The van der Waals surface area contributed by atoms with Crippen LogP contribution in [0.4, 0.5) is 8.78 Å². The van der Waals surface area contributed by atoms with Crippen molar-refractivity contribution >= 4 is 21.1 Å². The Morgan fingerprint density at radius 3 is 2.38 bits per heavy atom. The van der Waals surface area contributed by atoms with Gasteiger partial charge in [0.15, 0.2) is 17.3 Å². The lowest BCUT2D eigenvalue weighted by atomic mass is 10.0. The minimum atomic E-state index is -3.85. The first-order chi connectivity index (χ1) is 12.5. The summed E-state index contributed by atoms with van der Waals surface area (Å²) in [7, 11) is -3.85. The van der Waals surface area contributed by atoms with Gasteiger partial charge in [0.25, 0.3) is 10.0 Å². The van der Waals surface area contributed by atoms with Crippen LogP contribution in [0.5, 0.6) is 0 Å². The van der Waals surface area contributed by atoms with Gasteiger partial charge in [-0.25, -0.2) is 26.2 Å². The smallest absolute Gasteiger partial charge is 0.237 e. The van der Waals surface area contributed by atoms with Gasteiger partial charge < -0.3 is 0 Å². The van der Waals surface area contributed by atoms with Crippen molar-refractivity contribution in [1.29, 1.82) is 0 Å². The number of rotatable bonds is 3. The van der Waals surface area contributed by atoms with Crippen LogP contribution in [0.1, 0.15) is 0 Å². The van der Waals surface area contributed by atoms with Gasteiger partial charge in [0.1, 0.15) is 0 Å². The normalized spacial score (nSPS) is 11.8. The second-order valence-electron chi connectivity index (χ2n) is 5.63. The molecule has 2 aromatic carbocycles. The fourth-order valence-electron chi connectivity index (χ4n) is 2.86. The third kappa shape index (κ3) is 2.48. The minimum absolute atomic E-state index is 0.0484. The third-order valence-corrected chi connectivity index (χ3v) is 5.78. The van der Waals surface area contributed by atoms with Crippen molar-refractivity contribution in [3.63, 3.8) is 0 Å². The SMILES string of the molecule is O=S(=O)(c1ccccc1)n1ccc2c(-c3cccc(F)c3F)ccnc21. The number of pyridine rings is 1. The molecule has 4 aromatic rings. The van der Waals surface area contributed by atoms with Crippen molar-refractivity contribution in [2.75, 3.05) is 0 Å². The number of hydrogen-bond acceptors (Lipinski definition) is 3. The average molecular weight is 370 g/mol. The summed E-state index contributed by atoms with van der Waals surface area (Å²) in [5, 5.41) is 0.413. The lowest BCUT2D eigenvalue weighted by Gasteiger charge is -2.09. The second-order valence-corrected chi connectivity index (χ2v) is 7.44. The zero-order valence-corrected chi connectivity index (χ0v) is 14.1. The van der Waals surface area contributed by atoms with E-state index in [9.17, 15) is 17.2 Å². The number of nitrogens with zero attached hydrogens (tertiary/aromatic N) is 2. The topological polar surface area (TPSA) is 52.0 Å². The Morgan fingerprint density at radius 2 is 1.62 bits per heavy atom. The molecular weight excluding hydrogens is 358 g/mol. The summed E-state index contributed by atoms with van der Waals surface area (Å²) < 4.78 is 54.6. The highest BCUT2D eigenvalue weighted by molar-refractivity contribution is 7.90. The molecule has 4 rings (SSSR count). The summed E-state index contributed by atoms with van der Waals surface area (Å²) in [5.74, 6) is -1.96. The molecule has 130 valence electrons. The maximum atomic E-state index is 14.2. The van der Waals surface area contributed by atoms with Crippen molar-refractivity contribution in [1.82, 2.24) is 8.96 Å². The minimum Gasteiger partial charge on any atom is -0.237 e. The zero-order chi connectivity index (χ0) is 18.3.